The standard InChI is InChI=1S/C12H16S/c1-12(2,3)11-6-4-10(5-7-11)8-9-13/h4-9,13H,1-3H3/b9-8+. The van der Waals surface area contributed by atoms with Crippen molar-refractivity contribution in [2.24, 2.45) is 0 Å². The lowest BCUT2D eigenvalue weighted by Crippen LogP contribution is -2.10. The molecule has 0 spiro atoms. The highest BCUT2D eigenvalue weighted by molar-refractivity contribution is 7.83. The minimum absolute atomic E-state index is 0.239. The van der Waals surface area contributed by atoms with Gasteiger partial charge in [0.05, 0.1) is 0 Å². The third-order valence-corrected chi connectivity index (χ3v) is 2.19. The fourth-order valence-electron chi connectivity index (χ4n) is 1.18. The molecule has 0 fully saturated rings. The van der Waals surface area contributed by atoms with Crippen molar-refractivity contribution in [1.82, 2.24) is 0 Å². The first-order valence-electron chi connectivity index (χ1n) is 4.45. The normalized spacial score (nSPS) is 12.3. The smallest absolute Gasteiger partial charge is 0.0132 e. The van der Waals surface area contributed by atoms with Crippen molar-refractivity contribution < 1.29 is 0 Å². The molecular weight excluding hydrogens is 176 g/mol. The number of thiol groups is 1. The summed E-state index contributed by atoms with van der Waals surface area (Å²) in [7, 11) is 0. The molecule has 0 saturated carbocycles. The van der Waals surface area contributed by atoms with Crippen LogP contribution >= 0.6 is 12.6 Å². The van der Waals surface area contributed by atoms with E-state index < -0.39 is 0 Å². The SMILES string of the molecule is CC(C)(C)c1ccc(/C=C/S)cc1. The molecule has 0 bridgehead atoms. The zero-order valence-corrected chi connectivity index (χ0v) is 9.31. The Morgan fingerprint density at radius 2 is 1.62 bits per heavy atom. The summed E-state index contributed by atoms with van der Waals surface area (Å²) in [6.07, 6.45) is 1.98. The summed E-state index contributed by atoms with van der Waals surface area (Å²) < 4.78 is 0. The molecule has 13 heavy (non-hydrogen) atoms. The average molecular weight is 192 g/mol. The fraction of sp³-hybridized carbons (Fsp3) is 0.333. The van der Waals surface area contributed by atoms with Crippen LogP contribution in [0.3, 0.4) is 0 Å². The summed E-state index contributed by atoms with van der Waals surface area (Å²) >= 11 is 4.03. The molecule has 0 aliphatic heterocycles. The van der Waals surface area contributed by atoms with Gasteiger partial charge >= 0.3 is 0 Å². The maximum absolute atomic E-state index is 4.03. The Bertz CT molecular complexity index is 288. The van der Waals surface area contributed by atoms with E-state index in [9.17, 15) is 0 Å². The Labute approximate surface area is 86.1 Å². The van der Waals surface area contributed by atoms with Crippen LogP contribution < -0.4 is 0 Å². The van der Waals surface area contributed by atoms with Gasteiger partial charge in [-0.25, -0.2) is 0 Å². The zero-order valence-electron chi connectivity index (χ0n) is 8.41. The van der Waals surface area contributed by atoms with Crippen molar-refractivity contribution in [3.63, 3.8) is 0 Å². The van der Waals surface area contributed by atoms with Gasteiger partial charge in [-0.15, -0.1) is 0 Å². The van der Waals surface area contributed by atoms with Crippen LogP contribution in [0.15, 0.2) is 29.7 Å². The highest BCUT2D eigenvalue weighted by Crippen LogP contribution is 2.22. The van der Waals surface area contributed by atoms with Crippen LogP contribution in [-0.4, -0.2) is 0 Å². The molecule has 0 amide bonds. The molecule has 0 aliphatic carbocycles. The van der Waals surface area contributed by atoms with Gasteiger partial charge in [-0.3, -0.25) is 0 Å². The monoisotopic (exact) mass is 192 g/mol. The minimum atomic E-state index is 0.239. The summed E-state index contributed by atoms with van der Waals surface area (Å²) in [6, 6.07) is 8.58. The predicted octanol–water partition coefficient (Wildman–Crippen LogP) is 3.88. The van der Waals surface area contributed by atoms with Gasteiger partial charge in [0.1, 0.15) is 0 Å². The van der Waals surface area contributed by atoms with Gasteiger partial charge in [0.15, 0.2) is 0 Å². The Morgan fingerprint density at radius 3 is 2.00 bits per heavy atom. The van der Waals surface area contributed by atoms with E-state index in [-0.39, 0.29) is 5.41 Å². The van der Waals surface area contributed by atoms with E-state index in [4.69, 9.17) is 0 Å². The molecule has 0 unspecified atom stereocenters. The van der Waals surface area contributed by atoms with Gasteiger partial charge in [0.2, 0.25) is 0 Å². The summed E-state index contributed by atoms with van der Waals surface area (Å²) in [5, 5.41) is 1.76. The second-order valence-electron chi connectivity index (χ2n) is 4.19. The molecule has 0 N–H and O–H groups in total. The summed E-state index contributed by atoms with van der Waals surface area (Å²) in [4.78, 5) is 0. The van der Waals surface area contributed by atoms with Crippen molar-refractivity contribution in [1.29, 1.82) is 0 Å². The Morgan fingerprint density at radius 1 is 1.08 bits per heavy atom. The van der Waals surface area contributed by atoms with Crippen LogP contribution in [-0.2, 0) is 5.41 Å². The van der Waals surface area contributed by atoms with Gasteiger partial charge in [0.25, 0.3) is 0 Å². The van der Waals surface area contributed by atoms with E-state index in [1.54, 1.807) is 5.41 Å². The molecule has 70 valence electrons. The van der Waals surface area contributed by atoms with Crippen molar-refractivity contribution in [3.05, 3.63) is 40.8 Å². The van der Waals surface area contributed by atoms with Crippen LogP contribution in [0, 0.1) is 0 Å². The lowest BCUT2D eigenvalue weighted by atomic mass is 9.87. The van der Waals surface area contributed by atoms with Gasteiger partial charge in [0, 0.05) is 0 Å². The van der Waals surface area contributed by atoms with E-state index in [2.05, 4.69) is 57.7 Å². The third-order valence-electron chi connectivity index (χ3n) is 2.04. The van der Waals surface area contributed by atoms with Crippen molar-refractivity contribution >= 4 is 18.7 Å². The van der Waals surface area contributed by atoms with Crippen LogP contribution in [0.2, 0.25) is 0 Å². The molecule has 1 rings (SSSR count). The van der Waals surface area contributed by atoms with Gasteiger partial charge in [-0.1, -0.05) is 45.0 Å². The lowest BCUT2D eigenvalue weighted by Gasteiger charge is -2.18. The molecular formula is C12H16S. The molecule has 1 aromatic carbocycles. The summed E-state index contributed by atoms with van der Waals surface area (Å²) in [6.45, 7) is 6.66. The Balaban J connectivity index is 2.94. The van der Waals surface area contributed by atoms with E-state index in [1.165, 1.54) is 11.1 Å². The second-order valence-corrected chi connectivity index (χ2v) is 4.49. The Hall–Kier alpha value is -0.690. The first-order chi connectivity index (χ1) is 6.04. The minimum Gasteiger partial charge on any atom is -0.151 e. The van der Waals surface area contributed by atoms with Crippen LogP contribution in [0.1, 0.15) is 31.9 Å². The van der Waals surface area contributed by atoms with Gasteiger partial charge < -0.3 is 0 Å². The zero-order chi connectivity index (χ0) is 9.90. The molecule has 0 nitrogen and oxygen atoms in total. The molecule has 1 aromatic rings. The quantitative estimate of drug-likeness (QED) is 0.641. The maximum Gasteiger partial charge on any atom is -0.0132 e. The van der Waals surface area contributed by atoms with Crippen molar-refractivity contribution in [2.45, 2.75) is 26.2 Å². The fourth-order valence-corrected chi connectivity index (χ4v) is 1.35. The first kappa shape index (κ1) is 10.4. The number of rotatable bonds is 1. The molecule has 0 aliphatic rings. The molecule has 1 heteroatoms. The third kappa shape index (κ3) is 2.92. The highest BCUT2D eigenvalue weighted by atomic mass is 32.1. The molecule has 0 atom stereocenters. The molecule has 0 saturated heterocycles. The topological polar surface area (TPSA) is 0 Å². The number of benzene rings is 1. The second kappa shape index (κ2) is 4.01. The van der Waals surface area contributed by atoms with Crippen LogP contribution in [0.4, 0.5) is 0 Å². The highest BCUT2D eigenvalue weighted by Gasteiger charge is 2.12. The predicted molar refractivity (Wildman–Crippen MR) is 63.2 cm³/mol. The lowest BCUT2D eigenvalue weighted by molar-refractivity contribution is 0.590. The first-order valence-corrected chi connectivity index (χ1v) is 4.97. The van der Waals surface area contributed by atoms with Crippen molar-refractivity contribution in [3.8, 4) is 0 Å². The largest absolute Gasteiger partial charge is 0.151 e. The summed E-state index contributed by atoms with van der Waals surface area (Å²) in [5.74, 6) is 0. The molecule has 0 aromatic heterocycles. The number of hydrogen-bond donors (Lipinski definition) is 1. The molecule has 0 heterocycles. The van der Waals surface area contributed by atoms with E-state index >= 15 is 0 Å². The van der Waals surface area contributed by atoms with Crippen LogP contribution in [0.25, 0.3) is 6.08 Å². The van der Waals surface area contributed by atoms with Crippen LogP contribution in [0.5, 0.6) is 0 Å². The van der Waals surface area contributed by atoms with E-state index in [0.717, 1.165) is 0 Å². The number of hydrogen-bond acceptors (Lipinski definition) is 1. The van der Waals surface area contributed by atoms with E-state index in [0.29, 0.717) is 0 Å². The molecule has 0 radical (unpaired) electrons. The summed E-state index contributed by atoms with van der Waals surface area (Å²) in [5.41, 5.74) is 2.80. The van der Waals surface area contributed by atoms with Gasteiger partial charge in [-0.2, -0.15) is 12.6 Å². The average Bonchev–Trinajstić information content (AvgIpc) is 2.04. The van der Waals surface area contributed by atoms with Crippen molar-refractivity contribution in [2.75, 3.05) is 0 Å². The maximum atomic E-state index is 4.03. The van der Waals surface area contributed by atoms with E-state index in [1.807, 2.05) is 6.08 Å². The van der Waals surface area contributed by atoms with Gasteiger partial charge in [-0.05, 0) is 28.0 Å². The Kier molecular flexibility index (Phi) is 3.21.